The average molecular weight is 284 g/mol. The first-order valence-corrected chi connectivity index (χ1v) is 7.20. The van der Waals surface area contributed by atoms with E-state index in [4.69, 9.17) is 0 Å². The van der Waals surface area contributed by atoms with Gasteiger partial charge in [0.05, 0.1) is 11.4 Å². The highest BCUT2D eigenvalue weighted by atomic mass is 15.3. The normalized spacial score (nSPS) is 11.4. The maximum Gasteiger partial charge on any atom is 0.152 e. The summed E-state index contributed by atoms with van der Waals surface area (Å²) in [6, 6.07) is 4.13. The van der Waals surface area contributed by atoms with Gasteiger partial charge in [0, 0.05) is 38.6 Å². The van der Waals surface area contributed by atoms with Crippen LogP contribution in [-0.4, -0.2) is 30.9 Å². The lowest BCUT2D eigenvalue weighted by atomic mass is 10.1. The molecule has 3 rings (SSSR count). The first-order valence-electron chi connectivity index (χ1n) is 7.20. The van der Waals surface area contributed by atoms with Crippen molar-refractivity contribution in [3.63, 3.8) is 0 Å². The summed E-state index contributed by atoms with van der Waals surface area (Å²) in [7, 11) is 1.93. The van der Waals surface area contributed by atoms with Crippen molar-refractivity contribution in [2.45, 2.75) is 26.2 Å². The van der Waals surface area contributed by atoms with Crippen molar-refractivity contribution in [3.05, 3.63) is 42.1 Å². The monoisotopic (exact) mass is 284 g/mol. The molecule has 0 aliphatic heterocycles. The molecule has 1 N–H and O–H groups in total. The van der Waals surface area contributed by atoms with Crippen LogP contribution in [0.5, 0.6) is 0 Å². The maximum absolute atomic E-state index is 4.56. The fourth-order valence-electron chi connectivity index (χ4n) is 2.26. The number of rotatable bonds is 5. The lowest BCUT2D eigenvalue weighted by Gasteiger charge is -2.05. The molecule has 0 aromatic carbocycles. The highest BCUT2D eigenvalue weighted by Gasteiger charge is 2.09. The molecule has 0 fully saturated rings. The lowest BCUT2D eigenvalue weighted by Crippen LogP contribution is -2.08. The van der Waals surface area contributed by atoms with Gasteiger partial charge < -0.3 is 5.32 Å². The highest BCUT2D eigenvalue weighted by Crippen LogP contribution is 2.19. The van der Waals surface area contributed by atoms with E-state index in [0.29, 0.717) is 5.92 Å². The van der Waals surface area contributed by atoms with Crippen LogP contribution in [0.2, 0.25) is 0 Å². The van der Waals surface area contributed by atoms with E-state index in [0.717, 1.165) is 35.7 Å². The van der Waals surface area contributed by atoms with Crippen molar-refractivity contribution in [2.24, 2.45) is 7.05 Å². The zero-order valence-electron chi connectivity index (χ0n) is 12.6. The zero-order valence-corrected chi connectivity index (χ0v) is 12.6. The Morgan fingerprint density at radius 2 is 2.10 bits per heavy atom. The van der Waals surface area contributed by atoms with Gasteiger partial charge in [-0.05, 0) is 18.1 Å². The van der Waals surface area contributed by atoms with E-state index in [2.05, 4.69) is 40.4 Å². The van der Waals surface area contributed by atoms with Crippen LogP contribution in [0, 0.1) is 0 Å². The minimum absolute atomic E-state index is 0.409. The summed E-state index contributed by atoms with van der Waals surface area (Å²) in [5.74, 6) is 1.28. The number of aromatic nitrogens is 5. The van der Waals surface area contributed by atoms with Crippen molar-refractivity contribution in [3.8, 4) is 0 Å². The summed E-state index contributed by atoms with van der Waals surface area (Å²) >= 11 is 0. The van der Waals surface area contributed by atoms with E-state index in [9.17, 15) is 0 Å². The Balaban J connectivity index is 1.74. The molecule has 0 aliphatic rings. The minimum atomic E-state index is 0.409. The number of aryl methyl sites for hydroxylation is 1. The summed E-state index contributed by atoms with van der Waals surface area (Å²) in [6.07, 6.45) is 6.48. The van der Waals surface area contributed by atoms with Gasteiger partial charge >= 0.3 is 0 Å². The molecule has 6 heteroatoms. The minimum Gasteiger partial charge on any atom is -0.368 e. The molecule has 0 aliphatic carbocycles. The SMILES string of the molecule is CC(C)c1cc2c(NCCc3ccn(C)n3)nccn2n1. The van der Waals surface area contributed by atoms with E-state index >= 15 is 0 Å². The molecule has 0 amide bonds. The number of fused-ring (bicyclic) bond motifs is 1. The van der Waals surface area contributed by atoms with Crippen LogP contribution in [0.25, 0.3) is 5.52 Å². The first-order chi connectivity index (χ1) is 10.1. The topological polar surface area (TPSA) is 60.0 Å². The second kappa shape index (κ2) is 5.55. The molecule has 0 bridgehead atoms. The van der Waals surface area contributed by atoms with Gasteiger partial charge in [-0.1, -0.05) is 13.8 Å². The Hall–Kier alpha value is -2.37. The summed E-state index contributed by atoms with van der Waals surface area (Å²) in [5, 5.41) is 12.3. The number of nitrogens with one attached hydrogen (secondary N) is 1. The van der Waals surface area contributed by atoms with Gasteiger partial charge in [-0.3, -0.25) is 4.68 Å². The van der Waals surface area contributed by atoms with Crippen molar-refractivity contribution >= 4 is 11.3 Å². The predicted octanol–water partition coefficient (Wildman–Crippen LogP) is 2.24. The summed E-state index contributed by atoms with van der Waals surface area (Å²) in [6.45, 7) is 5.08. The number of hydrogen-bond donors (Lipinski definition) is 1. The predicted molar refractivity (Wildman–Crippen MR) is 82.5 cm³/mol. The Morgan fingerprint density at radius 1 is 1.24 bits per heavy atom. The van der Waals surface area contributed by atoms with E-state index in [1.54, 1.807) is 6.20 Å². The van der Waals surface area contributed by atoms with Crippen LogP contribution in [0.3, 0.4) is 0 Å². The van der Waals surface area contributed by atoms with Crippen molar-refractivity contribution in [1.29, 1.82) is 0 Å². The van der Waals surface area contributed by atoms with Crippen LogP contribution in [0.15, 0.2) is 30.7 Å². The van der Waals surface area contributed by atoms with Crippen LogP contribution < -0.4 is 5.32 Å². The molecule has 21 heavy (non-hydrogen) atoms. The molecule has 0 saturated heterocycles. The molecule has 0 saturated carbocycles. The molecule has 0 spiro atoms. The van der Waals surface area contributed by atoms with Crippen molar-refractivity contribution < 1.29 is 0 Å². The van der Waals surface area contributed by atoms with Crippen LogP contribution >= 0.6 is 0 Å². The molecule has 0 atom stereocenters. The van der Waals surface area contributed by atoms with Crippen LogP contribution in [-0.2, 0) is 13.5 Å². The van der Waals surface area contributed by atoms with Gasteiger partial charge in [-0.25, -0.2) is 9.50 Å². The second-order valence-corrected chi connectivity index (χ2v) is 5.49. The van der Waals surface area contributed by atoms with Crippen molar-refractivity contribution in [1.82, 2.24) is 24.4 Å². The van der Waals surface area contributed by atoms with Crippen molar-refractivity contribution in [2.75, 3.05) is 11.9 Å². The smallest absolute Gasteiger partial charge is 0.152 e. The van der Waals surface area contributed by atoms with Gasteiger partial charge in [-0.15, -0.1) is 0 Å². The lowest BCUT2D eigenvalue weighted by molar-refractivity contribution is 0.742. The number of anilines is 1. The fourth-order valence-corrected chi connectivity index (χ4v) is 2.26. The largest absolute Gasteiger partial charge is 0.368 e. The molecule has 0 unspecified atom stereocenters. The molecule has 0 radical (unpaired) electrons. The Kier molecular flexibility index (Phi) is 3.60. The van der Waals surface area contributed by atoms with Crippen LogP contribution in [0.4, 0.5) is 5.82 Å². The average Bonchev–Trinajstić information content (AvgIpc) is 3.05. The quantitative estimate of drug-likeness (QED) is 0.780. The maximum atomic E-state index is 4.56. The standard InChI is InChI=1S/C15H20N6/c1-11(2)13-10-14-15(17-7-9-21(14)19-13)16-6-4-12-5-8-20(3)18-12/h5,7-11H,4,6H2,1-3H3,(H,16,17). The molecule has 3 heterocycles. The molecular weight excluding hydrogens is 264 g/mol. The molecule has 110 valence electrons. The highest BCUT2D eigenvalue weighted by molar-refractivity contribution is 5.67. The number of nitrogens with zero attached hydrogens (tertiary/aromatic N) is 5. The van der Waals surface area contributed by atoms with Crippen LogP contribution in [0.1, 0.15) is 31.2 Å². The van der Waals surface area contributed by atoms with Gasteiger partial charge in [0.15, 0.2) is 5.82 Å². The molecule has 3 aromatic rings. The second-order valence-electron chi connectivity index (χ2n) is 5.49. The van der Waals surface area contributed by atoms with Gasteiger partial charge in [0.1, 0.15) is 5.52 Å². The van der Waals surface area contributed by atoms with Gasteiger partial charge in [0.25, 0.3) is 0 Å². The van der Waals surface area contributed by atoms with E-state index < -0.39 is 0 Å². The van der Waals surface area contributed by atoms with Gasteiger partial charge in [-0.2, -0.15) is 10.2 Å². The third kappa shape index (κ3) is 2.89. The fraction of sp³-hybridized carbons (Fsp3) is 0.400. The van der Waals surface area contributed by atoms with E-state index in [-0.39, 0.29) is 0 Å². The molecular formula is C15H20N6. The first kappa shape index (κ1) is 13.6. The Bertz CT molecular complexity index is 740. The Morgan fingerprint density at radius 3 is 2.81 bits per heavy atom. The molecule has 6 nitrogen and oxygen atoms in total. The van der Waals surface area contributed by atoms with E-state index in [1.165, 1.54) is 0 Å². The summed E-state index contributed by atoms with van der Waals surface area (Å²) < 4.78 is 3.70. The number of hydrogen-bond acceptors (Lipinski definition) is 4. The third-order valence-electron chi connectivity index (χ3n) is 3.44. The van der Waals surface area contributed by atoms with Gasteiger partial charge in [0.2, 0.25) is 0 Å². The Labute approximate surface area is 123 Å². The summed E-state index contributed by atoms with van der Waals surface area (Å²) in [5.41, 5.74) is 3.17. The van der Waals surface area contributed by atoms with E-state index in [1.807, 2.05) is 34.7 Å². The molecule has 3 aromatic heterocycles. The zero-order chi connectivity index (χ0) is 14.8. The third-order valence-corrected chi connectivity index (χ3v) is 3.44. The summed E-state index contributed by atoms with van der Waals surface area (Å²) in [4.78, 5) is 4.42.